The van der Waals surface area contributed by atoms with Crippen LogP contribution in [0.15, 0.2) is 54.9 Å². The minimum absolute atomic E-state index is 0.773. The molecule has 5 nitrogen and oxygen atoms in total. The van der Waals surface area contributed by atoms with Gasteiger partial charge in [-0.1, -0.05) is 18.2 Å². The molecule has 5 heteroatoms. The molecule has 0 saturated heterocycles. The van der Waals surface area contributed by atoms with E-state index in [-0.39, 0.29) is 0 Å². The molecule has 0 atom stereocenters. The van der Waals surface area contributed by atoms with Crippen molar-refractivity contribution in [3.05, 3.63) is 71.5 Å². The van der Waals surface area contributed by atoms with Gasteiger partial charge in [0.25, 0.3) is 0 Å². The monoisotopic (exact) mass is 348 g/mol. The van der Waals surface area contributed by atoms with E-state index in [2.05, 4.69) is 64.8 Å². The molecule has 0 bridgehead atoms. The van der Waals surface area contributed by atoms with Crippen LogP contribution in [0.5, 0.6) is 5.75 Å². The largest absolute Gasteiger partial charge is 0.497 e. The Hall–Kier alpha value is -3.08. The number of anilines is 3. The maximum atomic E-state index is 5.18. The molecule has 1 aromatic heterocycles. The lowest BCUT2D eigenvalue weighted by Crippen LogP contribution is -2.07. The second kappa shape index (κ2) is 8.34. The highest BCUT2D eigenvalue weighted by Crippen LogP contribution is 2.19. The molecular formula is C21H24N4O. The second-order valence-corrected chi connectivity index (χ2v) is 6.24. The van der Waals surface area contributed by atoms with Crippen molar-refractivity contribution in [3.63, 3.8) is 0 Å². The van der Waals surface area contributed by atoms with Crippen LogP contribution < -0.4 is 15.4 Å². The summed E-state index contributed by atoms with van der Waals surface area (Å²) < 4.78 is 5.18. The number of nitrogens with zero attached hydrogens (tertiary/aromatic N) is 2. The molecule has 0 aliphatic heterocycles. The van der Waals surface area contributed by atoms with Crippen molar-refractivity contribution in [2.24, 2.45) is 0 Å². The standard InChI is InChI=1S/C21H24N4O/c1-15-4-7-18(12-16(15)2)25-21-13-20(23-14-24-21)22-11-10-17-5-8-19(26-3)9-6-17/h4-9,12-14H,10-11H2,1-3H3,(H2,22,23,24,25). The van der Waals surface area contributed by atoms with Gasteiger partial charge in [-0.3, -0.25) is 0 Å². The van der Waals surface area contributed by atoms with Crippen molar-refractivity contribution in [2.45, 2.75) is 20.3 Å². The van der Waals surface area contributed by atoms with Crippen molar-refractivity contribution < 1.29 is 4.74 Å². The molecule has 0 spiro atoms. The van der Waals surface area contributed by atoms with Crippen molar-refractivity contribution in [1.29, 1.82) is 0 Å². The predicted octanol–water partition coefficient (Wildman–Crippen LogP) is 4.50. The van der Waals surface area contributed by atoms with Crippen LogP contribution in [-0.2, 0) is 6.42 Å². The predicted molar refractivity (Wildman–Crippen MR) is 106 cm³/mol. The van der Waals surface area contributed by atoms with Crippen LogP contribution >= 0.6 is 0 Å². The summed E-state index contributed by atoms with van der Waals surface area (Å²) in [5, 5.41) is 6.67. The Morgan fingerprint density at radius 2 is 1.65 bits per heavy atom. The van der Waals surface area contributed by atoms with E-state index in [9.17, 15) is 0 Å². The average molecular weight is 348 g/mol. The molecule has 0 unspecified atom stereocenters. The molecule has 0 radical (unpaired) electrons. The van der Waals surface area contributed by atoms with Gasteiger partial charge < -0.3 is 15.4 Å². The zero-order chi connectivity index (χ0) is 18.4. The Balaban J connectivity index is 1.57. The SMILES string of the molecule is COc1ccc(CCNc2cc(Nc3ccc(C)c(C)c3)ncn2)cc1. The Bertz CT molecular complexity index is 862. The molecule has 2 aromatic carbocycles. The maximum Gasteiger partial charge on any atom is 0.135 e. The summed E-state index contributed by atoms with van der Waals surface area (Å²) >= 11 is 0. The van der Waals surface area contributed by atoms with Crippen LogP contribution in [0.25, 0.3) is 0 Å². The minimum Gasteiger partial charge on any atom is -0.497 e. The van der Waals surface area contributed by atoms with Crippen molar-refractivity contribution in [3.8, 4) is 5.75 Å². The molecule has 26 heavy (non-hydrogen) atoms. The molecule has 134 valence electrons. The maximum absolute atomic E-state index is 5.18. The molecule has 2 N–H and O–H groups in total. The summed E-state index contributed by atoms with van der Waals surface area (Å²) in [5.74, 6) is 2.45. The van der Waals surface area contributed by atoms with Gasteiger partial charge in [0.05, 0.1) is 7.11 Å². The first-order chi connectivity index (χ1) is 12.6. The first-order valence-corrected chi connectivity index (χ1v) is 8.67. The Morgan fingerprint density at radius 3 is 2.38 bits per heavy atom. The number of aryl methyl sites for hydroxylation is 2. The lowest BCUT2D eigenvalue weighted by Gasteiger charge is -2.10. The first kappa shape index (κ1) is 17.7. The van der Waals surface area contributed by atoms with Crippen LogP contribution in [0.2, 0.25) is 0 Å². The molecular weight excluding hydrogens is 324 g/mol. The third-order valence-electron chi connectivity index (χ3n) is 4.33. The van der Waals surface area contributed by atoms with Gasteiger partial charge in [0.1, 0.15) is 23.7 Å². The molecule has 0 saturated carbocycles. The quantitative estimate of drug-likeness (QED) is 0.658. The zero-order valence-corrected chi connectivity index (χ0v) is 15.4. The molecule has 0 amide bonds. The lowest BCUT2D eigenvalue weighted by atomic mass is 10.1. The van der Waals surface area contributed by atoms with Gasteiger partial charge in [0.15, 0.2) is 0 Å². The van der Waals surface area contributed by atoms with E-state index in [1.165, 1.54) is 16.7 Å². The van der Waals surface area contributed by atoms with E-state index in [0.717, 1.165) is 36.0 Å². The average Bonchev–Trinajstić information content (AvgIpc) is 2.66. The first-order valence-electron chi connectivity index (χ1n) is 8.67. The summed E-state index contributed by atoms with van der Waals surface area (Å²) in [6, 6.07) is 16.3. The number of nitrogens with one attached hydrogen (secondary N) is 2. The smallest absolute Gasteiger partial charge is 0.135 e. The van der Waals surface area contributed by atoms with E-state index in [0.29, 0.717) is 0 Å². The van der Waals surface area contributed by atoms with E-state index in [1.54, 1.807) is 13.4 Å². The highest BCUT2D eigenvalue weighted by molar-refractivity contribution is 5.60. The van der Waals surface area contributed by atoms with Crippen LogP contribution in [0, 0.1) is 13.8 Å². The molecule has 3 aromatic rings. The van der Waals surface area contributed by atoms with Crippen LogP contribution in [0.4, 0.5) is 17.3 Å². The fourth-order valence-electron chi connectivity index (χ4n) is 2.62. The second-order valence-electron chi connectivity index (χ2n) is 6.24. The molecule has 3 rings (SSSR count). The highest BCUT2D eigenvalue weighted by Gasteiger charge is 2.02. The van der Waals surface area contributed by atoms with E-state index < -0.39 is 0 Å². The summed E-state index contributed by atoms with van der Waals surface area (Å²) in [6.45, 7) is 5.01. The van der Waals surface area contributed by atoms with Crippen molar-refractivity contribution in [1.82, 2.24) is 9.97 Å². The zero-order valence-electron chi connectivity index (χ0n) is 15.4. The van der Waals surface area contributed by atoms with Gasteiger partial charge in [-0.15, -0.1) is 0 Å². The number of benzene rings is 2. The number of ether oxygens (including phenoxy) is 1. The highest BCUT2D eigenvalue weighted by atomic mass is 16.5. The van der Waals surface area contributed by atoms with Crippen LogP contribution in [0.1, 0.15) is 16.7 Å². The van der Waals surface area contributed by atoms with Gasteiger partial charge in [-0.25, -0.2) is 9.97 Å². The number of methoxy groups -OCH3 is 1. The Kier molecular flexibility index (Phi) is 5.69. The third-order valence-corrected chi connectivity index (χ3v) is 4.33. The van der Waals surface area contributed by atoms with Gasteiger partial charge in [0, 0.05) is 18.3 Å². The Labute approximate surface area is 154 Å². The fraction of sp³-hybridized carbons (Fsp3) is 0.238. The number of hydrogen-bond donors (Lipinski definition) is 2. The number of rotatable bonds is 7. The molecule has 0 aliphatic rings. The topological polar surface area (TPSA) is 59.1 Å². The van der Waals surface area contributed by atoms with E-state index in [4.69, 9.17) is 4.74 Å². The van der Waals surface area contributed by atoms with E-state index in [1.807, 2.05) is 18.2 Å². The van der Waals surface area contributed by atoms with Gasteiger partial charge in [-0.05, 0) is 61.2 Å². The van der Waals surface area contributed by atoms with Crippen LogP contribution in [0.3, 0.4) is 0 Å². The van der Waals surface area contributed by atoms with E-state index >= 15 is 0 Å². The third kappa shape index (κ3) is 4.72. The summed E-state index contributed by atoms with van der Waals surface area (Å²) in [4.78, 5) is 8.59. The van der Waals surface area contributed by atoms with Crippen molar-refractivity contribution in [2.75, 3.05) is 24.3 Å². The number of aromatic nitrogens is 2. The molecule has 0 aliphatic carbocycles. The normalized spacial score (nSPS) is 10.4. The van der Waals surface area contributed by atoms with Gasteiger partial charge >= 0.3 is 0 Å². The Morgan fingerprint density at radius 1 is 0.885 bits per heavy atom. The summed E-state index contributed by atoms with van der Waals surface area (Å²) in [7, 11) is 1.68. The van der Waals surface area contributed by atoms with Gasteiger partial charge in [-0.2, -0.15) is 0 Å². The van der Waals surface area contributed by atoms with Crippen molar-refractivity contribution >= 4 is 17.3 Å². The fourth-order valence-corrected chi connectivity index (χ4v) is 2.62. The molecule has 0 fully saturated rings. The summed E-state index contributed by atoms with van der Waals surface area (Å²) in [5.41, 5.74) is 4.80. The lowest BCUT2D eigenvalue weighted by molar-refractivity contribution is 0.414. The molecule has 1 heterocycles. The number of hydrogen-bond acceptors (Lipinski definition) is 5. The van der Waals surface area contributed by atoms with Gasteiger partial charge in [0.2, 0.25) is 0 Å². The summed E-state index contributed by atoms with van der Waals surface area (Å²) in [6.07, 6.45) is 2.48. The van der Waals surface area contributed by atoms with Crippen LogP contribution in [-0.4, -0.2) is 23.6 Å². The minimum atomic E-state index is 0.773.